The number of ketones is 1. The zero-order valence-electron chi connectivity index (χ0n) is 23.3. The van der Waals surface area contributed by atoms with Crippen LogP contribution < -0.4 is 4.74 Å². The Morgan fingerprint density at radius 2 is 1.46 bits per heavy atom. The summed E-state index contributed by atoms with van der Waals surface area (Å²) >= 11 is 1.66. The molecule has 0 N–H and O–H groups in total. The molecule has 0 saturated heterocycles. The van der Waals surface area contributed by atoms with Crippen molar-refractivity contribution in [3.8, 4) is 5.75 Å². The Labute approximate surface area is 235 Å². The quantitative estimate of drug-likeness (QED) is 0.177. The molecule has 5 aromatic rings. The van der Waals surface area contributed by atoms with Gasteiger partial charge in [-0.25, -0.2) is 4.98 Å². The number of aromatic nitrogens is 1. The Balaban J connectivity index is 1.53. The highest BCUT2D eigenvalue weighted by Crippen LogP contribution is 2.38. The summed E-state index contributed by atoms with van der Waals surface area (Å²) in [7, 11) is 1.69. The van der Waals surface area contributed by atoms with Crippen LogP contribution in [0.2, 0.25) is 0 Å². The van der Waals surface area contributed by atoms with Crippen LogP contribution in [0.3, 0.4) is 0 Å². The van der Waals surface area contributed by atoms with Crippen LogP contribution in [-0.2, 0) is 6.42 Å². The van der Waals surface area contributed by atoms with Gasteiger partial charge in [0.25, 0.3) is 0 Å². The summed E-state index contributed by atoms with van der Waals surface area (Å²) in [5.41, 5.74) is 4.96. The topological polar surface area (TPSA) is 39.2 Å². The normalized spacial score (nSPS) is 13.0. The Hall–Kier alpha value is -3.76. The van der Waals surface area contributed by atoms with Crippen molar-refractivity contribution in [1.29, 1.82) is 0 Å². The number of rotatable bonds is 9. The Morgan fingerprint density at radius 1 is 0.795 bits per heavy atom. The molecule has 3 nitrogen and oxygen atoms in total. The number of benzene rings is 4. The van der Waals surface area contributed by atoms with E-state index in [4.69, 9.17) is 9.72 Å². The molecule has 4 aromatic carbocycles. The summed E-state index contributed by atoms with van der Waals surface area (Å²) in [6, 6.07) is 31.0. The lowest BCUT2D eigenvalue weighted by Crippen LogP contribution is -2.08. The highest BCUT2D eigenvalue weighted by Gasteiger charge is 2.26. The van der Waals surface area contributed by atoms with Crippen molar-refractivity contribution in [3.05, 3.63) is 129 Å². The second-order valence-corrected chi connectivity index (χ2v) is 11.8. The predicted octanol–water partition coefficient (Wildman–Crippen LogP) is 9.04. The minimum absolute atomic E-state index is 0.0193. The molecule has 198 valence electrons. The lowest BCUT2D eigenvalue weighted by Gasteiger charge is -2.13. The van der Waals surface area contributed by atoms with E-state index in [0.29, 0.717) is 17.2 Å². The first-order valence-electron chi connectivity index (χ1n) is 13.6. The van der Waals surface area contributed by atoms with Crippen molar-refractivity contribution >= 4 is 27.9 Å². The fourth-order valence-corrected chi connectivity index (χ4v) is 6.29. The molecule has 5 rings (SSSR count). The lowest BCUT2D eigenvalue weighted by atomic mass is 9.94. The largest absolute Gasteiger partial charge is 0.497 e. The van der Waals surface area contributed by atoms with Crippen molar-refractivity contribution in [2.75, 3.05) is 7.11 Å². The number of fused-ring (bicyclic) bond motifs is 1. The molecule has 4 heteroatoms. The second kappa shape index (κ2) is 11.5. The number of carbonyl (C=O) groups is 1. The minimum atomic E-state index is -0.0193. The third kappa shape index (κ3) is 5.81. The average Bonchev–Trinajstić information content (AvgIpc) is 3.41. The van der Waals surface area contributed by atoms with E-state index in [1.807, 2.05) is 36.4 Å². The van der Waals surface area contributed by atoms with Crippen molar-refractivity contribution in [3.63, 3.8) is 0 Å². The van der Waals surface area contributed by atoms with Crippen molar-refractivity contribution in [2.24, 2.45) is 5.92 Å². The Kier molecular flexibility index (Phi) is 7.94. The van der Waals surface area contributed by atoms with E-state index in [9.17, 15) is 4.79 Å². The molecule has 0 bridgehead atoms. The van der Waals surface area contributed by atoms with Crippen LogP contribution in [0.4, 0.5) is 0 Å². The van der Waals surface area contributed by atoms with Crippen LogP contribution in [0.5, 0.6) is 5.75 Å². The minimum Gasteiger partial charge on any atom is -0.497 e. The number of hydrogen-bond acceptors (Lipinski definition) is 4. The van der Waals surface area contributed by atoms with Gasteiger partial charge in [0.15, 0.2) is 0 Å². The zero-order valence-corrected chi connectivity index (χ0v) is 24.1. The monoisotopic (exact) mass is 533 g/mol. The molecular formula is C35H35NO2S. The summed E-state index contributed by atoms with van der Waals surface area (Å²) in [6.45, 7) is 8.84. The number of ether oxygens (including phenoxy) is 1. The maximum Gasteiger partial charge on any atom is 0.212 e. The molecule has 2 unspecified atom stereocenters. The molecule has 0 aliphatic rings. The first-order chi connectivity index (χ1) is 18.8. The SMILES string of the molecule is COc1ccc2cc(C(C)c3nc(C(=O)c4ccccc4)c(C(C)c4ccc(CC(C)C)cc4)s3)ccc2c1. The third-order valence-corrected chi connectivity index (χ3v) is 8.80. The molecule has 2 atom stereocenters. The van der Waals surface area contributed by atoms with Gasteiger partial charge in [0.2, 0.25) is 5.78 Å². The van der Waals surface area contributed by atoms with E-state index in [0.717, 1.165) is 32.8 Å². The number of thiazole rings is 1. The van der Waals surface area contributed by atoms with Gasteiger partial charge in [-0.05, 0) is 51.9 Å². The van der Waals surface area contributed by atoms with Crippen molar-refractivity contribution in [2.45, 2.75) is 46.0 Å². The maximum absolute atomic E-state index is 13.7. The summed E-state index contributed by atoms with van der Waals surface area (Å²) in [5.74, 6) is 1.56. The maximum atomic E-state index is 13.7. The van der Waals surface area contributed by atoms with Gasteiger partial charge < -0.3 is 4.74 Å². The van der Waals surface area contributed by atoms with Gasteiger partial charge in [0, 0.05) is 22.3 Å². The number of carbonyl (C=O) groups excluding carboxylic acids is 1. The Morgan fingerprint density at radius 3 is 2.15 bits per heavy atom. The third-order valence-electron chi connectivity index (χ3n) is 7.38. The molecule has 0 saturated carbocycles. The van der Waals surface area contributed by atoms with Crippen LogP contribution in [-0.4, -0.2) is 17.9 Å². The molecule has 1 heterocycles. The standard InChI is InChI=1S/C35H35NO2S/c1-22(2)19-25-11-13-26(14-12-25)23(3)34-32(33(37)27-9-7-6-8-10-27)36-35(39-34)24(4)28-15-16-30-21-31(38-5)18-17-29(30)20-28/h6-18,20-24H,19H2,1-5H3. The number of hydrogen-bond donors (Lipinski definition) is 0. The molecular weight excluding hydrogens is 498 g/mol. The summed E-state index contributed by atoms with van der Waals surface area (Å²) in [5, 5.41) is 3.26. The van der Waals surface area contributed by atoms with Crippen LogP contribution >= 0.6 is 11.3 Å². The molecule has 0 aliphatic carbocycles. The van der Waals surface area contributed by atoms with E-state index >= 15 is 0 Å². The predicted molar refractivity (Wildman–Crippen MR) is 163 cm³/mol. The van der Waals surface area contributed by atoms with Crippen LogP contribution in [0.15, 0.2) is 91.0 Å². The molecule has 1 aromatic heterocycles. The molecule has 0 radical (unpaired) electrons. The van der Waals surface area contributed by atoms with Gasteiger partial charge in [0.05, 0.1) is 7.11 Å². The number of nitrogens with zero attached hydrogens (tertiary/aromatic N) is 1. The van der Waals surface area contributed by atoms with Crippen LogP contribution in [0.1, 0.15) is 82.2 Å². The summed E-state index contributed by atoms with van der Waals surface area (Å²) in [4.78, 5) is 19.8. The van der Waals surface area contributed by atoms with E-state index < -0.39 is 0 Å². The highest BCUT2D eigenvalue weighted by atomic mass is 32.1. The van der Waals surface area contributed by atoms with Gasteiger partial charge in [0.1, 0.15) is 16.5 Å². The van der Waals surface area contributed by atoms with E-state index in [1.165, 1.54) is 16.7 Å². The van der Waals surface area contributed by atoms with Gasteiger partial charge >= 0.3 is 0 Å². The average molecular weight is 534 g/mol. The molecule has 0 aliphatic heterocycles. The van der Waals surface area contributed by atoms with Crippen molar-refractivity contribution < 1.29 is 9.53 Å². The first-order valence-corrected chi connectivity index (χ1v) is 14.4. The summed E-state index contributed by atoms with van der Waals surface area (Å²) < 4.78 is 5.39. The zero-order chi connectivity index (χ0) is 27.5. The van der Waals surface area contributed by atoms with E-state index in [2.05, 4.69) is 82.3 Å². The highest BCUT2D eigenvalue weighted by molar-refractivity contribution is 7.12. The first kappa shape index (κ1) is 26.8. The number of methoxy groups -OCH3 is 1. The summed E-state index contributed by atoms with van der Waals surface area (Å²) in [6.07, 6.45) is 1.06. The smallest absolute Gasteiger partial charge is 0.212 e. The van der Waals surface area contributed by atoms with Crippen LogP contribution in [0.25, 0.3) is 10.8 Å². The van der Waals surface area contributed by atoms with E-state index in [1.54, 1.807) is 18.4 Å². The van der Waals surface area contributed by atoms with Gasteiger partial charge in [-0.15, -0.1) is 11.3 Å². The Bertz CT molecular complexity index is 1580. The van der Waals surface area contributed by atoms with Gasteiger partial charge in [-0.1, -0.05) is 107 Å². The lowest BCUT2D eigenvalue weighted by molar-refractivity contribution is 0.103. The molecule has 39 heavy (non-hydrogen) atoms. The van der Waals surface area contributed by atoms with Gasteiger partial charge in [-0.2, -0.15) is 0 Å². The molecule has 0 amide bonds. The second-order valence-electron chi connectivity index (χ2n) is 10.7. The van der Waals surface area contributed by atoms with Crippen molar-refractivity contribution in [1.82, 2.24) is 4.98 Å². The van der Waals surface area contributed by atoms with Crippen LogP contribution in [0, 0.1) is 5.92 Å². The fraction of sp³-hybridized carbons (Fsp3) is 0.257. The van der Waals surface area contributed by atoms with E-state index in [-0.39, 0.29) is 17.6 Å². The molecule has 0 spiro atoms. The van der Waals surface area contributed by atoms with Gasteiger partial charge in [-0.3, -0.25) is 4.79 Å². The molecule has 0 fully saturated rings. The fourth-order valence-electron chi connectivity index (χ4n) is 5.06.